The summed E-state index contributed by atoms with van der Waals surface area (Å²) >= 11 is 0. The van der Waals surface area contributed by atoms with Crippen LogP contribution in [0.15, 0.2) is 66.9 Å². The van der Waals surface area contributed by atoms with Crippen molar-refractivity contribution >= 4 is 23.2 Å². The fourth-order valence-corrected chi connectivity index (χ4v) is 3.18. The Morgan fingerprint density at radius 2 is 1.88 bits per heavy atom. The van der Waals surface area contributed by atoms with Gasteiger partial charge in [-0.2, -0.15) is 23.4 Å². The predicted molar refractivity (Wildman–Crippen MR) is 116 cm³/mol. The summed E-state index contributed by atoms with van der Waals surface area (Å²) in [7, 11) is 0. The maximum absolute atomic E-state index is 12.3. The van der Waals surface area contributed by atoms with E-state index in [1.165, 1.54) is 6.07 Å². The van der Waals surface area contributed by atoms with Gasteiger partial charge >= 0.3 is 6.18 Å². The number of alkyl halides is 3. The van der Waals surface area contributed by atoms with Gasteiger partial charge in [-0.25, -0.2) is 4.52 Å². The minimum absolute atomic E-state index is 0.254. The molecule has 0 fully saturated rings. The van der Waals surface area contributed by atoms with Crippen molar-refractivity contribution in [2.75, 3.05) is 11.9 Å². The van der Waals surface area contributed by atoms with E-state index in [0.29, 0.717) is 28.4 Å². The van der Waals surface area contributed by atoms with E-state index in [9.17, 15) is 23.2 Å². The van der Waals surface area contributed by atoms with Gasteiger partial charge in [0, 0.05) is 23.9 Å². The first kappa shape index (κ1) is 21.8. The smallest absolute Gasteiger partial charge is 0.352 e. The third kappa shape index (κ3) is 5.27. The highest BCUT2D eigenvalue weighted by Gasteiger charge is 2.26. The van der Waals surface area contributed by atoms with Gasteiger partial charge in [0.15, 0.2) is 5.65 Å². The Labute approximate surface area is 186 Å². The summed E-state index contributed by atoms with van der Waals surface area (Å²) in [4.78, 5) is 16.6. The van der Waals surface area contributed by atoms with E-state index >= 15 is 0 Å². The Morgan fingerprint density at radius 3 is 2.67 bits per heavy atom. The summed E-state index contributed by atoms with van der Waals surface area (Å²) in [6.07, 6.45) is -3.69. The van der Waals surface area contributed by atoms with Crippen molar-refractivity contribution in [3.05, 3.63) is 78.0 Å². The highest BCUT2D eigenvalue weighted by molar-refractivity contribution is 5.95. The molecule has 0 aliphatic rings. The van der Waals surface area contributed by atoms with Crippen LogP contribution in [-0.4, -0.2) is 33.2 Å². The largest absolute Gasteiger partial charge is 0.390 e. The van der Waals surface area contributed by atoms with E-state index < -0.39 is 25.0 Å². The highest BCUT2D eigenvalue weighted by Crippen LogP contribution is 2.23. The van der Waals surface area contributed by atoms with E-state index in [-0.39, 0.29) is 5.56 Å². The SMILES string of the molecule is N#Cc1ccccc1Nc1nc2ccc(-c3cccc(C(=O)NCCC(F)(F)F)c3)cn2n1. The molecular weight excluding hydrogens is 433 g/mol. The van der Waals surface area contributed by atoms with Crippen LogP contribution in [0.4, 0.5) is 24.8 Å². The van der Waals surface area contributed by atoms with Gasteiger partial charge in [0.1, 0.15) is 6.07 Å². The molecule has 0 bridgehead atoms. The number of para-hydroxylation sites is 1. The number of benzene rings is 2. The van der Waals surface area contributed by atoms with Crippen molar-refractivity contribution in [1.29, 1.82) is 5.26 Å². The molecule has 4 aromatic rings. The van der Waals surface area contributed by atoms with Crippen molar-refractivity contribution in [3.63, 3.8) is 0 Å². The lowest BCUT2D eigenvalue weighted by Gasteiger charge is -2.09. The molecule has 2 heterocycles. The second kappa shape index (κ2) is 9.00. The predicted octanol–water partition coefficient (Wildman–Crippen LogP) is 4.69. The second-order valence-corrected chi connectivity index (χ2v) is 7.14. The number of fused-ring (bicyclic) bond motifs is 1. The summed E-state index contributed by atoms with van der Waals surface area (Å²) in [5.74, 6) is -0.266. The standard InChI is InChI=1S/C23H17F3N6O/c24-23(25,26)10-11-28-21(33)16-6-3-5-15(12-16)18-8-9-20-30-22(31-32(20)14-18)29-19-7-2-1-4-17(19)13-27/h1-9,12,14H,10-11H2,(H,28,33)(H,29,31). The maximum Gasteiger partial charge on any atom is 0.390 e. The van der Waals surface area contributed by atoms with Crippen LogP contribution >= 0.6 is 0 Å². The number of aromatic nitrogens is 3. The summed E-state index contributed by atoms with van der Waals surface area (Å²) < 4.78 is 38.5. The number of hydrogen-bond acceptors (Lipinski definition) is 5. The number of rotatable bonds is 6. The minimum atomic E-state index is -4.33. The first-order chi connectivity index (χ1) is 15.8. The van der Waals surface area contributed by atoms with E-state index in [2.05, 4.69) is 26.8 Å². The fourth-order valence-electron chi connectivity index (χ4n) is 3.18. The number of nitriles is 1. The number of pyridine rings is 1. The fraction of sp³-hybridized carbons (Fsp3) is 0.130. The van der Waals surface area contributed by atoms with E-state index in [1.54, 1.807) is 65.3 Å². The molecule has 33 heavy (non-hydrogen) atoms. The molecule has 10 heteroatoms. The number of hydrogen-bond donors (Lipinski definition) is 2. The number of nitrogens with one attached hydrogen (secondary N) is 2. The molecule has 0 aliphatic heterocycles. The molecule has 0 saturated heterocycles. The number of nitrogens with zero attached hydrogens (tertiary/aromatic N) is 4. The average molecular weight is 450 g/mol. The monoisotopic (exact) mass is 450 g/mol. The molecule has 0 atom stereocenters. The van der Waals surface area contributed by atoms with Crippen molar-refractivity contribution < 1.29 is 18.0 Å². The Bertz CT molecular complexity index is 1360. The van der Waals surface area contributed by atoms with Crippen molar-refractivity contribution in [2.24, 2.45) is 0 Å². The Hall–Kier alpha value is -4.39. The third-order valence-electron chi connectivity index (χ3n) is 4.78. The lowest BCUT2D eigenvalue weighted by atomic mass is 10.0. The molecule has 0 unspecified atom stereocenters. The first-order valence-corrected chi connectivity index (χ1v) is 9.90. The molecule has 2 aromatic heterocycles. The van der Waals surface area contributed by atoms with Crippen LogP contribution < -0.4 is 10.6 Å². The topological polar surface area (TPSA) is 95.1 Å². The molecule has 4 rings (SSSR count). The van der Waals surface area contributed by atoms with Crippen molar-refractivity contribution in [2.45, 2.75) is 12.6 Å². The molecule has 166 valence electrons. The van der Waals surface area contributed by atoms with Gasteiger partial charge in [-0.1, -0.05) is 24.3 Å². The van der Waals surface area contributed by atoms with Gasteiger partial charge in [0.25, 0.3) is 5.91 Å². The normalized spacial score (nSPS) is 11.2. The van der Waals surface area contributed by atoms with Crippen LogP contribution in [0.5, 0.6) is 0 Å². The summed E-state index contributed by atoms with van der Waals surface area (Å²) in [6.45, 7) is -0.484. The van der Waals surface area contributed by atoms with Crippen molar-refractivity contribution in [1.82, 2.24) is 19.9 Å². The zero-order chi connectivity index (χ0) is 23.4. The van der Waals surface area contributed by atoms with Crippen LogP contribution in [0.3, 0.4) is 0 Å². The van der Waals surface area contributed by atoms with Gasteiger partial charge in [-0.3, -0.25) is 4.79 Å². The number of anilines is 2. The molecule has 2 N–H and O–H groups in total. The van der Waals surface area contributed by atoms with Gasteiger partial charge in [0.05, 0.1) is 17.7 Å². The zero-order valence-electron chi connectivity index (χ0n) is 17.1. The lowest BCUT2D eigenvalue weighted by molar-refractivity contribution is -0.132. The molecule has 0 aliphatic carbocycles. The van der Waals surface area contributed by atoms with E-state index in [0.717, 1.165) is 5.56 Å². The second-order valence-electron chi connectivity index (χ2n) is 7.14. The lowest BCUT2D eigenvalue weighted by Crippen LogP contribution is -2.27. The zero-order valence-corrected chi connectivity index (χ0v) is 17.1. The van der Waals surface area contributed by atoms with Gasteiger partial charge in [-0.15, -0.1) is 5.10 Å². The average Bonchev–Trinajstić information content (AvgIpc) is 3.20. The number of carbonyl (C=O) groups excluding carboxylic acids is 1. The molecule has 0 spiro atoms. The van der Waals surface area contributed by atoms with Crippen LogP contribution in [0.1, 0.15) is 22.3 Å². The van der Waals surface area contributed by atoms with Crippen molar-refractivity contribution in [3.8, 4) is 17.2 Å². The molecule has 2 aromatic carbocycles. The molecule has 0 radical (unpaired) electrons. The molecule has 0 saturated carbocycles. The van der Waals surface area contributed by atoms with Crippen LogP contribution in [0, 0.1) is 11.3 Å². The van der Waals surface area contributed by atoms with Crippen LogP contribution in [0.2, 0.25) is 0 Å². The quantitative estimate of drug-likeness (QED) is 0.444. The number of amides is 1. The van der Waals surface area contributed by atoms with E-state index in [1.807, 2.05) is 0 Å². The highest BCUT2D eigenvalue weighted by atomic mass is 19.4. The van der Waals surface area contributed by atoms with Gasteiger partial charge in [0.2, 0.25) is 5.95 Å². The minimum Gasteiger partial charge on any atom is -0.352 e. The summed E-state index contributed by atoms with van der Waals surface area (Å²) in [5, 5.41) is 18.9. The molecule has 7 nitrogen and oxygen atoms in total. The Kier molecular flexibility index (Phi) is 5.95. The summed E-state index contributed by atoms with van der Waals surface area (Å²) in [6, 6.07) is 19.2. The Morgan fingerprint density at radius 1 is 1.06 bits per heavy atom. The Balaban J connectivity index is 1.54. The maximum atomic E-state index is 12.3. The molecular formula is C23H17F3N6O. The third-order valence-corrected chi connectivity index (χ3v) is 4.78. The van der Waals surface area contributed by atoms with Gasteiger partial charge < -0.3 is 10.6 Å². The van der Waals surface area contributed by atoms with E-state index in [4.69, 9.17) is 0 Å². The summed E-state index contributed by atoms with van der Waals surface area (Å²) in [5.41, 5.74) is 3.30. The first-order valence-electron chi connectivity index (χ1n) is 9.90. The molecule has 1 amide bonds. The number of halogens is 3. The van der Waals surface area contributed by atoms with Gasteiger partial charge in [-0.05, 0) is 42.0 Å². The number of carbonyl (C=O) groups is 1. The van der Waals surface area contributed by atoms with Crippen LogP contribution in [0.25, 0.3) is 16.8 Å². The van der Waals surface area contributed by atoms with Crippen LogP contribution in [-0.2, 0) is 0 Å².